The van der Waals surface area contributed by atoms with Crippen molar-refractivity contribution in [2.45, 2.75) is 31.0 Å². The third-order valence-electron chi connectivity index (χ3n) is 4.50. The van der Waals surface area contributed by atoms with Crippen LogP contribution in [-0.2, 0) is 22.4 Å². The molecule has 3 rings (SSSR count). The molecule has 6 nitrogen and oxygen atoms in total. The van der Waals surface area contributed by atoms with Crippen LogP contribution >= 0.6 is 0 Å². The Morgan fingerprint density at radius 1 is 1.16 bits per heavy atom. The minimum Gasteiger partial charge on any atom is -0.508 e. The number of ketones is 1. The van der Waals surface area contributed by atoms with E-state index in [9.17, 15) is 19.8 Å². The van der Waals surface area contributed by atoms with Crippen molar-refractivity contribution in [1.29, 1.82) is 0 Å². The highest BCUT2D eigenvalue weighted by molar-refractivity contribution is 5.91. The average molecular weight is 340 g/mol. The molecule has 1 aliphatic heterocycles. The molecule has 0 aromatic heterocycles. The van der Waals surface area contributed by atoms with E-state index in [1.807, 2.05) is 24.3 Å². The lowest BCUT2D eigenvalue weighted by Gasteiger charge is -2.31. The molecule has 0 spiro atoms. The molecule has 3 atom stereocenters. The number of nitrogens with two attached hydrogens (primary N) is 1. The first-order chi connectivity index (χ1) is 12.0. The van der Waals surface area contributed by atoms with Crippen molar-refractivity contribution in [3.8, 4) is 5.75 Å². The Bertz CT molecular complexity index is 788. The largest absolute Gasteiger partial charge is 0.508 e. The molecule has 0 aliphatic carbocycles. The summed E-state index contributed by atoms with van der Waals surface area (Å²) in [4.78, 5) is 24.3. The van der Waals surface area contributed by atoms with E-state index in [1.165, 1.54) is 0 Å². The van der Waals surface area contributed by atoms with Crippen LogP contribution in [0.15, 0.2) is 48.5 Å². The maximum absolute atomic E-state index is 12.9. The Labute approximate surface area is 145 Å². The van der Waals surface area contributed by atoms with Crippen molar-refractivity contribution in [1.82, 2.24) is 5.32 Å². The summed E-state index contributed by atoms with van der Waals surface area (Å²) < 4.78 is 0. The molecule has 1 aliphatic rings. The molecule has 2 aromatic carbocycles. The summed E-state index contributed by atoms with van der Waals surface area (Å²) >= 11 is 0. The first-order valence-electron chi connectivity index (χ1n) is 8.09. The second-order valence-electron chi connectivity index (χ2n) is 6.27. The van der Waals surface area contributed by atoms with E-state index < -0.39 is 24.1 Å². The number of carbonyl (C=O) groups is 2. The number of phenols is 1. The molecule has 0 bridgehead atoms. The number of carboxylic acids is 1. The van der Waals surface area contributed by atoms with Crippen LogP contribution < -0.4 is 11.1 Å². The standard InChI is InChI=1S/C19H20N2O4/c20-15(9-11-5-7-13(22)8-6-11)18(23)17-14-4-2-1-3-12(14)10-16(21-17)19(24)25/h1-8,15-17,21-22H,9-10,20H2,(H,24,25)/t15-,16?,17?/m0/s1. The molecular formula is C19H20N2O4. The smallest absolute Gasteiger partial charge is 0.321 e. The molecule has 1 heterocycles. The van der Waals surface area contributed by atoms with Gasteiger partial charge in [0.05, 0.1) is 12.1 Å². The summed E-state index contributed by atoms with van der Waals surface area (Å²) in [5.41, 5.74) is 8.56. The molecule has 2 aromatic rings. The predicted molar refractivity (Wildman–Crippen MR) is 92.2 cm³/mol. The summed E-state index contributed by atoms with van der Waals surface area (Å²) in [7, 11) is 0. The Balaban J connectivity index is 1.82. The SMILES string of the molecule is N[C@@H](Cc1ccc(O)cc1)C(=O)C1NC(C(=O)O)Cc2ccccc21. The monoisotopic (exact) mass is 340 g/mol. The molecule has 2 unspecified atom stereocenters. The van der Waals surface area contributed by atoms with E-state index in [4.69, 9.17) is 5.73 Å². The van der Waals surface area contributed by atoms with Gasteiger partial charge in [0.25, 0.3) is 0 Å². The van der Waals surface area contributed by atoms with Gasteiger partial charge < -0.3 is 15.9 Å². The lowest BCUT2D eigenvalue weighted by Crippen LogP contribution is -2.51. The van der Waals surface area contributed by atoms with Crippen LogP contribution in [0.1, 0.15) is 22.7 Å². The van der Waals surface area contributed by atoms with Gasteiger partial charge in [0.1, 0.15) is 11.8 Å². The minimum atomic E-state index is -0.987. The number of fused-ring (bicyclic) bond motifs is 1. The molecule has 0 radical (unpaired) electrons. The fourth-order valence-electron chi connectivity index (χ4n) is 3.17. The number of hydrogen-bond donors (Lipinski definition) is 4. The zero-order valence-electron chi connectivity index (χ0n) is 13.6. The highest BCUT2D eigenvalue weighted by atomic mass is 16.4. The third-order valence-corrected chi connectivity index (χ3v) is 4.50. The quantitative estimate of drug-likeness (QED) is 0.650. The highest BCUT2D eigenvalue weighted by Gasteiger charge is 2.35. The maximum atomic E-state index is 12.9. The number of hydrogen-bond acceptors (Lipinski definition) is 5. The fraction of sp³-hybridized carbons (Fsp3) is 0.263. The van der Waals surface area contributed by atoms with Gasteiger partial charge in [-0.2, -0.15) is 0 Å². The summed E-state index contributed by atoms with van der Waals surface area (Å²) in [5, 5.41) is 21.6. The Hall–Kier alpha value is -2.70. The number of carboxylic acid groups (broad SMARTS) is 1. The van der Waals surface area contributed by atoms with Crippen molar-refractivity contribution < 1.29 is 19.8 Å². The van der Waals surface area contributed by atoms with Crippen molar-refractivity contribution in [3.63, 3.8) is 0 Å². The van der Waals surface area contributed by atoms with Gasteiger partial charge in [-0.05, 0) is 41.7 Å². The number of phenolic OH excluding ortho intramolecular Hbond substituents is 1. The van der Waals surface area contributed by atoms with E-state index in [-0.39, 0.29) is 11.5 Å². The van der Waals surface area contributed by atoms with Crippen LogP contribution in [0.3, 0.4) is 0 Å². The van der Waals surface area contributed by atoms with E-state index in [0.29, 0.717) is 12.8 Å². The van der Waals surface area contributed by atoms with E-state index in [0.717, 1.165) is 16.7 Å². The first-order valence-corrected chi connectivity index (χ1v) is 8.09. The summed E-state index contributed by atoms with van der Waals surface area (Å²) in [6.07, 6.45) is 0.652. The Morgan fingerprint density at radius 2 is 1.84 bits per heavy atom. The number of aromatic hydroxyl groups is 1. The topological polar surface area (TPSA) is 113 Å². The summed E-state index contributed by atoms with van der Waals surface area (Å²) in [6.45, 7) is 0. The van der Waals surface area contributed by atoms with Gasteiger partial charge in [0.2, 0.25) is 0 Å². The van der Waals surface area contributed by atoms with Crippen LogP contribution in [0.2, 0.25) is 0 Å². The van der Waals surface area contributed by atoms with Crippen LogP contribution in [0.5, 0.6) is 5.75 Å². The van der Waals surface area contributed by atoms with Gasteiger partial charge in [-0.15, -0.1) is 0 Å². The second kappa shape index (κ2) is 7.04. The van der Waals surface area contributed by atoms with Crippen LogP contribution in [0.4, 0.5) is 0 Å². The fourth-order valence-corrected chi connectivity index (χ4v) is 3.17. The maximum Gasteiger partial charge on any atom is 0.321 e. The molecule has 25 heavy (non-hydrogen) atoms. The van der Waals surface area contributed by atoms with E-state index in [2.05, 4.69) is 5.32 Å². The molecule has 5 N–H and O–H groups in total. The molecular weight excluding hydrogens is 320 g/mol. The second-order valence-corrected chi connectivity index (χ2v) is 6.27. The zero-order valence-corrected chi connectivity index (χ0v) is 13.6. The summed E-state index contributed by atoms with van der Waals surface area (Å²) in [6, 6.07) is 11.5. The van der Waals surface area contributed by atoms with Crippen molar-refractivity contribution >= 4 is 11.8 Å². The van der Waals surface area contributed by atoms with E-state index >= 15 is 0 Å². The van der Waals surface area contributed by atoms with E-state index in [1.54, 1.807) is 24.3 Å². The lowest BCUT2D eigenvalue weighted by atomic mass is 9.85. The van der Waals surface area contributed by atoms with Gasteiger partial charge in [0.15, 0.2) is 5.78 Å². The van der Waals surface area contributed by atoms with Crippen LogP contribution in [-0.4, -0.2) is 34.0 Å². The molecule has 0 saturated heterocycles. The molecule has 6 heteroatoms. The van der Waals surface area contributed by atoms with Crippen LogP contribution in [0.25, 0.3) is 0 Å². The molecule has 130 valence electrons. The van der Waals surface area contributed by atoms with Crippen LogP contribution in [0, 0.1) is 0 Å². The van der Waals surface area contributed by atoms with Crippen molar-refractivity contribution in [2.75, 3.05) is 0 Å². The number of nitrogens with one attached hydrogen (secondary N) is 1. The lowest BCUT2D eigenvalue weighted by molar-refractivity contribution is -0.140. The van der Waals surface area contributed by atoms with Gasteiger partial charge in [-0.3, -0.25) is 14.9 Å². The number of Topliss-reactive ketones (excluding diaryl/α,β-unsaturated/α-hetero) is 1. The number of rotatable bonds is 5. The van der Waals surface area contributed by atoms with Crippen molar-refractivity contribution in [3.05, 3.63) is 65.2 Å². The van der Waals surface area contributed by atoms with Gasteiger partial charge in [-0.1, -0.05) is 36.4 Å². The number of carbonyl (C=O) groups excluding carboxylic acids is 1. The van der Waals surface area contributed by atoms with Gasteiger partial charge in [0, 0.05) is 0 Å². The highest BCUT2D eigenvalue weighted by Crippen LogP contribution is 2.27. The third kappa shape index (κ3) is 3.70. The number of aliphatic carboxylic acids is 1. The van der Waals surface area contributed by atoms with Gasteiger partial charge >= 0.3 is 5.97 Å². The Kier molecular flexibility index (Phi) is 4.83. The average Bonchev–Trinajstić information content (AvgIpc) is 2.62. The zero-order chi connectivity index (χ0) is 18.0. The Morgan fingerprint density at radius 3 is 2.52 bits per heavy atom. The minimum absolute atomic E-state index is 0.149. The number of benzene rings is 2. The predicted octanol–water partition coefficient (Wildman–Crippen LogP) is 1.17. The first kappa shape index (κ1) is 17.1. The normalized spacial score (nSPS) is 20.5. The van der Waals surface area contributed by atoms with Gasteiger partial charge in [-0.25, -0.2) is 0 Å². The molecule has 0 saturated carbocycles. The summed E-state index contributed by atoms with van der Waals surface area (Å²) in [5.74, 6) is -1.08. The molecule has 0 amide bonds. The van der Waals surface area contributed by atoms with Crippen molar-refractivity contribution in [2.24, 2.45) is 5.73 Å². The molecule has 0 fully saturated rings.